The van der Waals surface area contributed by atoms with Gasteiger partial charge in [0.15, 0.2) is 17.5 Å². The van der Waals surface area contributed by atoms with Crippen molar-refractivity contribution in [3.05, 3.63) is 194 Å². The van der Waals surface area contributed by atoms with Gasteiger partial charge in [0.2, 0.25) is 0 Å². The molecule has 8 aromatic carbocycles. The molecule has 0 aliphatic rings. The van der Waals surface area contributed by atoms with E-state index >= 15 is 0 Å². The van der Waals surface area contributed by atoms with Crippen LogP contribution in [-0.4, -0.2) is 19.9 Å². The van der Waals surface area contributed by atoms with Crippen molar-refractivity contribution in [2.45, 2.75) is 6.92 Å². The zero-order chi connectivity index (χ0) is 36.7. The van der Waals surface area contributed by atoms with Gasteiger partial charge in [-0.15, -0.1) is 0 Å². The fraction of sp³-hybridized carbons (Fsp3) is 0.0196. The van der Waals surface area contributed by atoms with Gasteiger partial charge < -0.3 is 0 Å². The molecule has 0 atom stereocenters. The Balaban J connectivity index is 1.19. The maximum Gasteiger partial charge on any atom is 0.164 e. The van der Waals surface area contributed by atoms with Gasteiger partial charge in [0.1, 0.15) is 0 Å². The van der Waals surface area contributed by atoms with Crippen molar-refractivity contribution < 1.29 is 0 Å². The summed E-state index contributed by atoms with van der Waals surface area (Å²) in [7, 11) is 0. The van der Waals surface area contributed by atoms with E-state index in [0.717, 1.165) is 55.9 Å². The van der Waals surface area contributed by atoms with E-state index in [-0.39, 0.29) is 0 Å². The van der Waals surface area contributed by atoms with Crippen LogP contribution in [0, 0.1) is 6.92 Å². The van der Waals surface area contributed by atoms with E-state index in [4.69, 9.17) is 19.9 Å². The highest BCUT2D eigenvalue weighted by atomic mass is 15.0. The van der Waals surface area contributed by atoms with Crippen molar-refractivity contribution in [2.75, 3.05) is 0 Å². The average molecular weight is 703 g/mol. The summed E-state index contributed by atoms with van der Waals surface area (Å²) in [4.78, 5) is 20.0. The normalized spacial score (nSPS) is 11.4. The number of nitrogens with zero attached hydrogens (tertiary/aromatic N) is 4. The first-order chi connectivity index (χ1) is 27.1. The van der Waals surface area contributed by atoms with Crippen LogP contribution in [-0.2, 0) is 0 Å². The zero-order valence-electron chi connectivity index (χ0n) is 30.2. The Bertz CT molecular complexity index is 2940. The van der Waals surface area contributed by atoms with Gasteiger partial charge in [-0.2, -0.15) is 0 Å². The average Bonchev–Trinajstić information content (AvgIpc) is 3.26. The van der Waals surface area contributed by atoms with E-state index in [9.17, 15) is 0 Å². The molecule has 0 bridgehead atoms. The van der Waals surface area contributed by atoms with Crippen molar-refractivity contribution in [1.82, 2.24) is 19.9 Å². The third kappa shape index (κ3) is 6.10. The predicted molar refractivity (Wildman–Crippen MR) is 227 cm³/mol. The van der Waals surface area contributed by atoms with Crippen LogP contribution in [0.4, 0.5) is 0 Å². The number of aryl methyl sites for hydroxylation is 1. The monoisotopic (exact) mass is 702 g/mol. The summed E-state index contributed by atoms with van der Waals surface area (Å²) >= 11 is 0. The van der Waals surface area contributed by atoms with Gasteiger partial charge >= 0.3 is 0 Å². The lowest BCUT2D eigenvalue weighted by Crippen LogP contribution is -2.00. The second kappa shape index (κ2) is 13.6. The molecule has 4 heteroatoms. The van der Waals surface area contributed by atoms with Crippen molar-refractivity contribution in [2.24, 2.45) is 0 Å². The minimum atomic E-state index is 0.619. The Hall–Kier alpha value is -7.30. The van der Waals surface area contributed by atoms with Gasteiger partial charge in [-0.3, -0.25) is 4.98 Å². The molecule has 55 heavy (non-hydrogen) atoms. The van der Waals surface area contributed by atoms with Gasteiger partial charge in [-0.05, 0) is 97.9 Å². The van der Waals surface area contributed by atoms with E-state index in [0.29, 0.717) is 17.5 Å². The fourth-order valence-corrected chi connectivity index (χ4v) is 7.65. The molecule has 0 aliphatic carbocycles. The molecule has 0 amide bonds. The smallest absolute Gasteiger partial charge is 0.164 e. The van der Waals surface area contributed by atoms with Gasteiger partial charge in [0.25, 0.3) is 0 Å². The first-order valence-electron chi connectivity index (χ1n) is 18.6. The number of hydrogen-bond acceptors (Lipinski definition) is 4. The maximum absolute atomic E-state index is 5.13. The molecule has 0 radical (unpaired) electrons. The molecule has 2 aromatic heterocycles. The highest BCUT2D eigenvalue weighted by molar-refractivity contribution is 6.25. The van der Waals surface area contributed by atoms with Crippen LogP contribution < -0.4 is 0 Å². The summed E-state index contributed by atoms with van der Waals surface area (Å²) in [6.45, 7) is 2.02. The largest absolute Gasteiger partial charge is 0.253 e. The molecule has 0 fully saturated rings. The molecule has 0 aliphatic heterocycles. The van der Waals surface area contributed by atoms with Crippen LogP contribution in [0.15, 0.2) is 188 Å². The standard InChI is InChI=1S/C51H34N4/c1-33-13-12-22-48(52-33)35-25-23-34(24-26-35)39-29-40(38-27-28-46-44-20-9-8-18-42(44)43-19-10-11-21-45(43)47(46)32-38)31-41(30-39)51-54-49(36-14-4-2-5-15-36)53-50(55-51)37-16-6-3-7-17-37/h2-32H,1H3. The number of hydrogen-bond donors (Lipinski definition) is 0. The summed E-state index contributed by atoms with van der Waals surface area (Å²) in [6.07, 6.45) is 0. The van der Waals surface area contributed by atoms with Crippen LogP contribution in [0.5, 0.6) is 0 Å². The van der Waals surface area contributed by atoms with Crippen LogP contribution in [0.25, 0.3) is 100.0 Å². The molecule has 0 saturated heterocycles. The molecule has 0 spiro atoms. The Morgan fingerprint density at radius 1 is 0.255 bits per heavy atom. The van der Waals surface area contributed by atoms with Gasteiger partial charge in [0.05, 0.1) is 5.69 Å². The number of benzene rings is 8. The topological polar surface area (TPSA) is 51.6 Å². The number of pyridine rings is 1. The summed E-state index contributed by atoms with van der Waals surface area (Å²) in [5.74, 6) is 1.89. The third-order valence-corrected chi connectivity index (χ3v) is 10.4. The van der Waals surface area contributed by atoms with E-state index in [1.54, 1.807) is 0 Å². The van der Waals surface area contributed by atoms with E-state index < -0.39 is 0 Å². The van der Waals surface area contributed by atoms with Crippen LogP contribution in [0.3, 0.4) is 0 Å². The maximum atomic E-state index is 5.13. The van der Waals surface area contributed by atoms with Crippen molar-refractivity contribution >= 4 is 32.3 Å². The Morgan fingerprint density at radius 3 is 1.25 bits per heavy atom. The molecule has 10 rings (SSSR count). The highest BCUT2D eigenvalue weighted by Crippen LogP contribution is 2.39. The van der Waals surface area contributed by atoms with Gasteiger partial charge in [0, 0.05) is 27.9 Å². The fourth-order valence-electron chi connectivity index (χ4n) is 7.65. The minimum absolute atomic E-state index is 0.619. The highest BCUT2D eigenvalue weighted by Gasteiger charge is 2.16. The van der Waals surface area contributed by atoms with Gasteiger partial charge in [-0.1, -0.05) is 152 Å². The minimum Gasteiger partial charge on any atom is -0.253 e. The number of aromatic nitrogens is 4. The van der Waals surface area contributed by atoms with Gasteiger partial charge in [-0.25, -0.2) is 15.0 Å². The molecule has 4 nitrogen and oxygen atoms in total. The van der Waals surface area contributed by atoms with Crippen molar-refractivity contribution in [1.29, 1.82) is 0 Å². The van der Waals surface area contributed by atoms with Crippen molar-refractivity contribution in [3.8, 4) is 67.7 Å². The summed E-state index contributed by atoms with van der Waals surface area (Å²) in [5, 5.41) is 7.50. The van der Waals surface area contributed by atoms with Crippen LogP contribution in [0.2, 0.25) is 0 Å². The van der Waals surface area contributed by atoms with Crippen LogP contribution >= 0.6 is 0 Å². The van der Waals surface area contributed by atoms with Crippen LogP contribution in [0.1, 0.15) is 5.69 Å². The Morgan fingerprint density at radius 2 is 0.691 bits per heavy atom. The van der Waals surface area contributed by atoms with E-state index in [1.807, 2.05) is 73.7 Å². The molecule has 10 aromatic rings. The lowest BCUT2D eigenvalue weighted by Gasteiger charge is -2.14. The summed E-state index contributed by atoms with van der Waals surface area (Å²) < 4.78 is 0. The lowest BCUT2D eigenvalue weighted by atomic mass is 9.90. The van der Waals surface area contributed by atoms with Crippen molar-refractivity contribution in [3.63, 3.8) is 0 Å². The molecule has 0 N–H and O–H groups in total. The quantitative estimate of drug-likeness (QED) is 0.162. The summed E-state index contributed by atoms with van der Waals surface area (Å²) in [5.41, 5.74) is 10.2. The molecule has 258 valence electrons. The first kappa shape index (κ1) is 32.4. The number of fused-ring (bicyclic) bond motifs is 6. The Kier molecular flexibility index (Phi) is 8.00. The second-order valence-electron chi connectivity index (χ2n) is 13.9. The molecular formula is C51H34N4. The molecule has 2 heterocycles. The molecular weight excluding hydrogens is 669 g/mol. The molecule has 0 saturated carbocycles. The number of rotatable bonds is 6. The predicted octanol–water partition coefficient (Wildman–Crippen LogP) is 13.0. The Labute approximate surface area is 319 Å². The molecule has 0 unspecified atom stereocenters. The SMILES string of the molecule is Cc1cccc(-c2ccc(-c3cc(-c4ccc5c6ccccc6c6ccccc6c5c4)cc(-c4nc(-c5ccccc5)nc(-c5ccccc5)n4)c3)cc2)n1. The zero-order valence-corrected chi connectivity index (χ0v) is 30.2. The first-order valence-corrected chi connectivity index (χ1v) is 18.6. The summed E-state index contributed by atoms with van der Waals surface area (Å²) in [6, 6.07) is 66.1. The van der Waals surface area contributed by atoms with E-state index in [2.05, 4.69) is 121 Å². The van der Waals surface area contributed by atoms with E-state index in [1.165, 1.54) is 32.3 Å². The lowest BCUT2D eigenvalue weighted by molar-refractivity contribution is 1.07. The third-order valence-electron chi connectivity index (χ3n) is 10.4. The second-order valence-corrected chi connectivity index (χ2v) is 13.9.